The molecular formula is C14H13N3O3. The zero-order valence-electron chi connectivity index (χ0n) is 10.8. The van der Waals surface area contributed by atoms with Crippen LogP contribution in [0, 0.1) is 21.4 Å². The number of rotatable bonds is 3. The van der Waals surface area contributed by atoms with Gasteiger partial charge in [0.25, 0.3) is 11.6 Å². The number of carbonyl (C=O) groups excluding carboxylic acids is 1. The highest BCUT2D eigenvalue weighted by atomic mass is 16.6. The minimum Gasteiger partial charge on any atom is -0.338 e. The molecule has 1 fully saturated rings. The van der Waals surface area contributed by atoms with E-state index in [-0.39, 0.29) is 17.2 Å². The summed E-state index contributed by atoms with van der Waals surface area (Å²) < 4.78 is 0. The predicted molar refractivity (Wildman–Crippen MR) is 72.5 cm³/mol. The summed E-state index contributed by atoms with van der Waals surface area (Å²) in [5, 5.41) is 19.8. The topological polar surface area (TPSA) is 87.2 Å². The van der Waals surface area contributed by atoms with Gasteiger partial charge in [-0.2, -0.15) is 5.26 Å². The second-order valence-corrected chi connectivity index (χ2v) is 4.52. The molecule has 0 unspecified atom stereocenters. The van der Waals surface area contributed by atoms with E-state index in [4.69, 9.17) is 5.26 Å². The Balaban J connectivity index is 2.26. The lowest BCUT2D eigenvalue weighted by Gasteiger charge is -2.13. The van der Waals surface area contributed by atoms with E-state index in [1.807, 2.05) is 6.07 Å². The molecule has 1 aromatic rings. The zero-order valence-corrected chi connectivity index (χ0v) is 10.8. The lowest BCUT2D eigenvalue weighted by molar-refractivity contribution is -0.384. The molecule has 0 bridgehead atoms. The first-order chi connectivity index (χ1) is 9.61. The van der Waals surface area contributed by atoms with Crippen LogP contribution in [0.2, 0.25) is 0 Å². The van der Waals surface area contributed by atoms with Gasteiger partial charge in [-0.1, -0.05) is 12.1 Å². The molecule has 1 heterocycles. The predicted octanol–water partition coefficient (Wildman–Crippen LogP) is 2.12. The number of non-ortho nitro benzene ring substituents is 1. The minimum absolute atomic E-state index is 0.00685. The Kier molecular flexibility index (Phi) is 4.11. The summed E-state index contributed by atoms with van der Waals surface area (Å²) in [6, 6.07) is 7.74. The van der Waals surface area contributed by atoms with Crippen LogP contribution in [-0.4, -0.2) is 28.8 Å². The Hall–Kier alpha value is -2.68. The minimum atomic E-state index is -0.508. The van der Waals surface area contributed by atoms with Crippen molar-refractivity contribution in [3.63, 3.8) is 0 Å². The summed E-state index contributed by atoms with van der Waals surface area (Å²) in [4.78, 5) is 23.9. The van der Waals surface area contributed by atoms with E-state index in [1.54, 1.807) is 11.0 Å². The van der Waals surface area contributed by atoms with Gasteiger partial charge in [-0.25, -0.2) is 0 Å². The fraction of sp³-hybridized carbons (Fsp3) is 0.286. The van der Waals surface area contributed by atoms with E-state index < -0.39 is 4.92 Å². The van der Waals surface area contributed by atoms with Crippen LogP contribution in [0.25, 0.3) is 6.08 Å². The largest absolute Gasteiger partial charge is 0.338 e. The van der Waals surface area contributed by atoms with Gasteiger partial charge < -0.3 is 4.90 Å². The summed E-state index contributed by atoms with van der Waals surface area (Å²) >= 11 is 0. The van der Waals surface area contributed by atoms with Gasteiger partial charge in [0.15, 0.2) is 0 Å². The average Bonchev–Trinajstić information content (AvgIpc) is 2.98. The molecule has 0 atom stereocenters. The molecule has 6 heteroatoms. The van der Waals surface area contributed by atoms with Crippen LogP contribution < -0.4 is 0 Å². The fourth-order valence-corrected chi connectivity index (χ4v) is 2.13. The van der Waals surface area contributed by atoms with Crippen molar-refractivity contribution < 1.29 is 9.72 Å². The molecule has 0 aromatic heterocycles. The highest BCUT2D eigenvalue weighted by molar-refractivity contribution is 6.01. The van der Waals surface area contributed by atoms with Crippen LogP contribution in [0.5, 0.6) is 0 Å². The number of nitro groups is 1. The lowest BCUT2D eigenvalue weighted by Crippen LogP contribution is -2.28. The van der Waals surface area contributed by atoms with E-state index in [0.717, 1.165) is 12.8 Å². The molecule has 0 radical (unpaired) electrons. The number of benzene rings is 1. The van der Waals surface area contributed by atoms with E-state index in [1.165, 1.54) is 24.3 Å². The second-order valence-electron chi connectivity index (χ2n) is 4.52. The molecule has 1 saturated heterocycles. The first kappa shape index (κ1) is 13.7. The Morgan fingerprint density at radius 3 is 2.70 bits per heavy atom. The third-order valence-corrected chi connectivity index (χ3v) is 3.14. The SMILES string of the molecule is N#C/C(=C\c1cccc([N+](=O)[O-])c1)C(=O)N1CCCC1. The molecule has 1 amide bonds. The molecule has 1 aromatic carbocycles. The van der Waals surface area contributed by atoms with Gasteiger partial charge in [0.05, 0.1) is 4.92 Å². The average molecular weight is 271 g/mol. The summed E-state index contributed by atoms with van der Waals surface area (Å²) in [6.45, 7) is 1.32. The van der Waals surface area contributed by atoms with E-state index in [9.17, 15) is 14.9 Å². The molecule has 0 aliphatic carbocycles. The smallest absolute Gasteiger partial charge is 0.270 e. The number of nitro benzene ring substituents is 1. The Morgan fingerprint density at radius 1 is 1.40 bits per heavy atom. The molecule has 2 rings (SSSR count). The molecule has 6 nitrogen and oxygen atoms in total. The Bertz CT molecular complexity index is 610. The quantitative estimate of drug-likeness (QED) is 0.364. The maximum absolute atomic E-state index is 12.1. The number of carbonyl (C=O) groups is 1. The third kappa shape index (κ3) is 3.01. The van der Waals surface area contributed by atoms with Crippen molar-refractivity contribution in [2.24, 2.45) is 0 Å². The van der Waals surface area contributed by atoms with Gasteiger partial charge in [0, 0.05) is 25.2 Å². The van der Waals surface area contributed by atoms with Gasteiger partial charge in [-0.3, -0.25) is 14.9 Å². The number of nitriles is 1. The Labute approximate surface area is 116 Å². The fourth-order valence-electron chi connectivity index (χ4n) is 2.13. The standard InChI is InChI=1S/C14H13N3O3/c15-10-12(14(18)16-6-1-2-7-16)8-11-4-3-5-13(9-11)17(19)20/h3-5,8-9H,1-2,6-7H2/b12-8+. The second kappa shape index (κ2) is 5.97. The van der Waals surface area contributed by atoms with Crippen molar-refractivity contribution in [2.75, 3.05) is 13.1 Å². The van der Waals surface area contributed by atoms with E-state index in [2.05, 4.69) is 0 Å². The molecule has 0 N–H and O–H groups in total. The van der Waals surface area contributed by atoms with Gasteiger partial charge in [0.1, 0.15) is 11.6 Å². The van der Waals surface area contributed by atoms with Crippen molar-refractivity contribution in [3.05, 3.63) is 45.5 Å². The molecule has 1 aliphatic rings. The monoisotopic (exact) mass is 271 g/mol. The zero-order chi connectivity index (χ0) is 14.5. The summed E-state index contributed by atoms with van der Waals surface area (Å²) in [5.74, 6) is -0.309. The number of hydrogen-bond donors (Lipinski definition) is 0. The van der Waals surface area contributed by atoms with Crippen LogP contribution in [-0.2, 0) is 4.79 Å². The van der Waals surface area contributed by atoms with Gasteiger partial charge in [-0.15, -0.1) is 0 Å². The van der Waals surface area contributed by atoms with Crippen molar-refractivity contribution in [3.8, 4) is 6.07 Å². The van der Waals surface area contributed by atoms with Crippen LogP contribution in [0.3, 0.4) is 0 Å². The molecular weight excluding hydrogens is 258 g/mol. The highest BCUT2D eigenvalue weighted by Crippen LogP contribution is 2.17. The molecule has 0 spiro atoms. The van der Waals surface area contributed by atoms with Crippen molar-refractivity contribution in [1.82, 2.24) is 4.90 Å². The van der Waals surface area contributed by atoms with Crippen molar-refractivity contribution in [1.29, 1.82) is 5.26 Å². The molecule has 0 saturated carbocycles. The molecule has 1 aliphatic heterocycles. The summed E-state index contributed by atoms with van der Waals surface area (Å²) in [5.41, 5.74) is 0.417. The molecule has 20 heavy (non-hydrogen) atoms. The highest BCUT2D eigenvalue weighted by Gasteiger charge is 2.21. The maximum Gasteiger partial charge on any atom is 0.270 e. The van der Waals surface area contributed by atoms with Crippen LogP contribution in [0.15, 0.2) is 29.8 Å². The third-order valence-electron chi connectivity index (χ3n) is 3.14. The van der Waals surface area contributed by atoms with Crippen LogP contribution >= 0.6 is 0 Å². The van der Waals surface area contributed by atoms with E-state index >= 15 is 0 Å². The van der Waals surface area contributed by atoms with Gasteiger partial charge in [-0.05, 0) is 24.5 Å². The maximum atomic E-state index is 12.1. The van der Waals surface area contributed by atoms with Crippen molar-refractivity contribution >= 4 is 17.7 Å². The molecule has 102 valence electrons. The first-order valence-electron chi connectivity index (χ1n) is 6.27. The van der Waals surface area contributed by atoms with E-state index in [0.29, 0.717) is 18.7 Å². The van der Waals surface area contributed by atoms with Crippen molar-refractivity contribution in [2.45, 2.75) is 12.8 Å². The summed E-state index contributed by atoms with van der Waals surface area (Å²) in [7, 11) is 0. The first-order valence-corrected chi connectivity index (χ1v) is 6.27. The lowest BCUT2D eigenvalue weighted by atomic mass is 10.1. The number of nitrogens with zero attached hydrogens (tertiary/aromatic N) is 3. The summed E-state index contributed by atoms with van der Waals surface area (Å²) in [6.07, 6.45) is 3.29. The van der Waals surface area contributed by atoms with Gasteiger partial charge in [0.2, 0.25) is 0 Å². The number of hydrogen-bond acceptors (Lipinski definition) is 4. The number of amides is 1. The number of likely N-dealkylation sites (tertiary alicyclic amines) is 1. The Morgan fingerprint density at radius 2 is 2.10 bits per heavy atom. The van der Waals surface area contributed by atoms with Crippen LogP contribution in [0.1, 0.15) is 18.4 Å². The normalized spacial score (nSPS) is 14.9. The van der Waals surface area contributed by atoms with Gasteiger partial charge >= 0.3 is 0 Å². The van der Waals surface area contributed by atoms with Crippen LogP contribution in [0.4, 0.5) is 5.69 Å².